The molecule has 92 valence electrons. The summed E-state index contributed by atoms with van der Waals surface area (Å²) in [6, 6.07) is 0.546. The fourth-order valence-corrected chi connectivity index (χ4v) is 2.38. The average Bonchev–Trinajstić information content (AvgIpc) is 2.27. The van der Waals surface area contributed by atoms with Crippen molar-refractivity contribution >= 4 is 23.4 Å². The van der Waals surface area contributed by atoms with Crippen LogP contribution in [-0.2, 0) is 9.59 Å². The topological polar surface area (TPSA) is 49.4 Å². The Morgan fingerprint density at radius 2 is 1.88 bits per heavy atom. The van der Waals surface area contributed by atoms with Crippen molar-refractivity contribution in [2.45, 2.75) is 44.7 Å². The van der Waals surface area contributed by atoms with Crippen LogP contribution in [0.2, 0.25) is 0 Å². The Labute approximate surface area is 101 Å². The number of halogens is 1. The Kier molecular flexibility index (Phi) is 5.06. The minimum absolute atomic E-state index is 0.0219. The third-order valence-corrected chi connectivity index (χ3v) is 3.39. The van der Waals surface area contributed by atoms with Gasteiger partial charge in [-0.05, 0) is 25.7 Å². The van der Waals surface area contributed by atoms with E-state index < -0.39 is 0 Å². The van der Waals surface area contributed by atoms with Gasteiger partial charge in [-0.2, -0.15) is 0 Å². The highest BCUT2D eigenvalue weighted by molar-refractivity contribution is 6.27. The second-order valence-corrected chi connectivity index (χ2v) is 4.61. The van der Waals surface area contributed by atoms with E-state index in [2.05, 4.69) is 5.32 Å². The second kappa shape index (κ2) is 6.09. The first-order valence-electron chi connectivity index (χ1n) is 5.63. The summed E-state index contributed by atoms with van der Waals surface area (Å²) in [7, 11) is 1.80. The van der Waals surface area contributed by atoms with Gasteiger partial charge in [-0.3, -0.25) is 9.59 Å². The number of carbonyl (C=O) groups is 2. The summed E-state index contributed by atoms with van der Waals surface area (Å²) in [5.74, 6) is 0.0422. The summed E-state index contributed by atoms with van der Waals surface area (Å²) in [5.41, 5.74) is 0. The van der Waals surface area contributed by atoms with Crippen LogP contribution in [0.3, 0.4) is 0 Å². The molecule has 0 atom stereocenters. The Balaban J connectivity index is 2.36. The molecule has 0 radical (unpaired) electrons. The van der Waals surface area contributed by atoms with Gasteiger partial charge in [-0.15, -0.1) is 11.6 Å². The van der Waals surface area contributed by atoms with Gasteiger partial charge >= 0.3 is 0 Å². The van der Waals surface area contributed by atoms with E-state index in [1.165, 1.54) is 6.92 Å². The van der Waals surface area contributed by atoms with E-state index in [-0.39, 0.29) is 29.8 Å². The van der Waals surface area contributed by atoms with Crippen LogP contribution in [0.5, 0.6) is 0 Å². The number of carbonyl (C=O) groups excluding carboxylic acids is 2. The van der Waals surface area contributed by atoms with Crippen LogP contribution in [0.25, 0.3) is 0 Å². The first kappa shape index (κ1) is 13.3. The predicted octanol–water partition coefficient (Wildman–Crippen LogP) is 1.13. The summed E-state index contributed by atoms with van der Waals surface area (Å²) < 4.78 is 0. The van der Waals surface area contributed by atoms with Gasteiger partial charge in [-0.1, -0.05) is 0 Å². The molecule has 16 heavy (non-hydrogen) atoms. The Morgan fingerprint density at radius 3 is 2.31 bits per heavy atom. The highest BCUT2D eigenvalue weighted by atomic mass is 35.5. The van der Waals surface area contributed by atoms with Crippen molar-refractivity contribution in [3.05, 3.63) is 0 Å². The van der Waals surface area contributed by atoms with Crippen molar-refractivity contribution in [1.29, 1.82) is 0 Å². The van der Waals surface area contributed by atoms with E-state index in [0.29, 0.717) is 0 Å². The lowest BCUT2D eigenvalue weighted by atomic mass is 9.90. The molecule has 1 saturated carbocycles. The average molecular weight is 247 g/mol. The maximum absolute atomic E-state index is 11.4. The number of hydrogen-bond acceptors (Lipinski definition) is 2. The molecule has 2 amide bonds. The summed E-state index contributed by atoms with van der Waals surface area (Å²) in [6.07, 6.45) is 3.74. The van der Waals surface area contributed by atoms with Crippen LogP contribution < -0.4 is 5.32 Å². The molecule has 5 heteroatoms. The molecule has 0 bridgehead atoms. The third kappa shape index (κ3) is 3.67. The number of nitrogens with zero attached hydrogens (tertiary/aromatic N) is 1. The first-order chi connectivity index (χ1) is 7.54. The lowest BCUT2D eigenvalue weighted by molar-refractivity contribution is -0.130. The molecule has 0 aliphatic heterocycles. The Morgan fingerprint density at radius 1 is 1.31 bits per heavy atom. The first-order valence-corrected chi connectivity index (χ1v) is 6.16. The quantitative estimate of drug-likeness (QED) is 0.759. The van der Waals surface area contributed by atoms with Crippen molar-refractivity contribution in [2.24, 2.45) is 0 Å². The van der Waals surface area contributed by atoms with Crippen LogP contribution >= 0.6 is 11.6 Å². The van der Waals surface area contributed by atoms with Crippen LogP contribution in [0.4, 0.5) is 0 Å². The number of nitrogens with one attached hydrogen (secondary N) is 1. The van der Waals surface area contributed by atoms with Gasteiger partial charge < -0.3 is 10.2 Å². The molecule has 0 aromatic carbocycles. The minimum Gasteiger partial charge on any atom is -0.354 e. The van der Waals surface area contributed by atoms with Crippen molar-refractivity contribution in [2.75, 3.05) is 12.9 Å². The Bertz CT molecular complexity index is 263. The molecule has 1 rings (SSSR count). The fourth-order valence-electron chi connectivity index (χ4n) is 2.19. The van der Waals surface area contributed by atoms with E-state index in [4.69, 9.17) is 11.6 Å². The molecular weight excluding hydrogens is 228 g/mol. The SMILES string of the molecule is CC(=O)NC1CCC(N(C)C(=O)CCl)CC1. The van der Waals surface area contributed by atoms with Gasteiger partial charge in [0, 0.05) is 26.1 Å². The van der Waals surface area contributed by atoms with Crippen molar-refractivity contribution in [3.8, 4) is 0 Å². The van der Waals surface area contributed by atoms with E-state index in [0.717, 1.165) is 25.7 Å². The van der Waals surface area contributed by atoms with E-state index >= 15 is 0 Å². The number of rotatable bonds is 3. The van der Waals surface area contributed by atoms with Gasteiger partial charge in [0.2, 0.25) is 11.8 Å². The number of alkyl halides is 1. The second-order valence-electron chi connectivity index (χ2n) is 4.34. The molecule has 0 spiro atoms. The smallest absolute Gasteiger partial charge is 0.237 e. The molecule has 0 saturated heterocycles. The molecule has 1 aliphatic carbocycles. The predicted molar refractivity (Wildman–Crippen MR) is 63.4 cm³/mol. The van der Waals surface area contributed by atoms with Crippen molar-refractivity contribution in [1.82, 2.24) is 10.2 Å². The number of amides is 2. The van der Waals surface area contributed by atoms with Gasteiger partial charge in [-0.25, -0.2) is 0 Å². The molecule has 4 nitrogen and oxygen atoms in total. The molecule has 0 aromatic heterocycles. The maximum atomic E-state index is 11.4. The molecule has 1 fully saturated rings. The monoisotopic (exact) mass is 246 g/mol. The molecule has 0 aromatic rings. The summed E-state index contributed by atoms with van der Waals surface area (Å²) in [4.78, 5) is 24.0. The highest BCUT2D eigenvalue weighted by Crippen LogP contribution is 2.22. The fraction of sp³-hybridized carbons (Fsp3) is 0.818. The maximum Gasteiger partial charge on any atom is 0.237 e. The molecular formula is C11H19ClN2O2. The zero-order chi connectivity index (χ0) is 12.1. The van der Waals surface area contributed by atoms with Crippen molar-refractivity contribution in [3.63, 3.8) is 0 Å². The van der Waals surface area contributed by atoms with Crippen LogP contribution in [0.1, 0.15) is 32.6 Å². The van der Waals surface area contributed by atoms with Crippen LogP contribution in [-0.4, -0.2) is 41.7 Å². The summed E-state index contributed by atoms with van der Waals surface area (Å²) >= 11 is 5.52. The molecule has 1 aliphatic rings. The standard InChI is InChI=1S/C11H19ClN2O2/c1-8(15)13-9-3-5-10(6-4-9)14(2)11(16)7-12/h9-10H,3-7H2,1-2H3,(H,13,15). The van der Waals surface area contributed by atoms with Gasteiger partial charge in [0.1, 0.15) is 5.88 Å². The molecule has 1 N–H and O–H groups in total. The number of hydrogen-bond donors (Lipinski definition) is 1. The largest absolute Gasteiger partial charge is 0.354 e. The Hall–Kier alpha value is -0.770. The zero-order valence-electron chi connectivity index (χ0n) is 9.83. The van der Waals surface area contributed by atoms with Crippen molar-refractivity contribution < 1.29 is 9.59 Å². The normalized spacial score (nSPS) is 24.9. The van der Waals surface area contributed by atoms with Gasteiger partial charge in [0.15, 0.2) is 0 Å². The van der Waals surface area contributed by atoms with E-state index in [9.17, 15) is 9.59 Å². The summed E-state index contributed by atoms with van der Waals surface area (Å²) in [5, 5.41) is 2.92. The minimum atomic E-state index is -0.0235. The molecule has 0 unspecified atom stereocenters. The van der Waals surface area contributed by atoms with E-state index in [1.54, 1.807) is 11.9 Å². The van der Waals surface area contributed by atoms with Crippen LogP contribution in [0.15, 0.2) is 0 Å². The summed E-state index contributed by atoms with van der Waals surface area (Å²) in [6.45, 7) is 1.54. The lowest BCUT2D eigenvalue weighted by Gasteiger charge is -2.34. The highest BCUT2D eigenvalue weighted by Gasteiger charge is 2.26. The van der Waals surface area contributed by atoms with Gasteiger partial charge in [0.25, 0.3) is 0 Å². The zero-order valence-corrected chi connectivity index (χ0v) is 10.6. The third-order valence-electron chi connectivity index (χ3n) is 3.16. The van der Waals surface area contributed by atoms with E-state index in [1.807, 2.05) is 0 Å². The van der Waals surface area contributed by atoms with Crippen LogP contribution in [0, 0.1) is 0 Å². The van der Waals surface area contributed by atoms with Gasteiger partial charge in [0.05, 0.1) is 0 Å². The molecule has 0 heterocycles. The lowest BCUT2D eigenvalue weighted by Crippen LogP contribution is -2.44.